The summed E-state index contributed by atoms with van der Waals surface area (Å²) in [4.78, 5) is 0. The molecule has 0 bridgehead atoms. The maximum absolute atomic E-state index is 8.74. The van der Waals surface area contributed by atoms with Crippen LogP contribution in [-0.4, -0.2) is 223 Å². The van der Waals surface area contributed by atoms with Crippen LogP contribution in [0.3, 0.4) is 0 Å². The Kier molecular flexibility index (Phi) is 55.2. The number of hydrogen-bond donors (Lipinski definition) is 2. The second kappa shape index (κ2) is 16.8. The van der Waals surface area contributed by atoms with Crippen molar-refractivity contribution < 1.29 is 17.5 Å². The van der Waals surface area contributed by atoms with Gasteiger partial charge in [-0.2, -0.15) is 8.42 Å². The average molecular weight is 259 g/mol. The van der Waals surface area contributed by atoms with Crippen LogP contribution in [0.4, 0.5) is 0 Å². The van der Waals surface area contributed by atoms with E-state index in [1.165, 1.54) is 0 Å². The van der Waals surface area contributed by atoms with Crippen LogP contribution in [-0.2, 0) is 10.4 Å². The van der Waals surface area contributed by atoms with Crippen molar-refractivity contribution in [3.63, 3.8) is 0 Å². The van der Waals surface area contributed by atoms with Gasteiger partial charge in [0.15, 0.2) is 0 Å². The van der Waals surface area contributed by atoms with Crippen LogP contribution in [0.25, 0.3) is 0 Å². The van der Waals surface area contributed by atoms with E-state index >= 15 is 0 Å². The molecule has 9 heavy (non-hydrogen) atoms. The van der Waals surface area contributed by atoms with E-state index in [0.717, 1.165) is 0 Å². The average Bonchev–Trinajstić information content (AvgIpc) is 0.722. The molecule has 0 saturated carbocycles. The van der Waals surface area contributed by atoms with Gasteiger partial charge < -0.3 is 0 Å². The molecular weight excluding hydrogens is 252 g/mol. The Balaban J connectivity index is -0.0000000133. The normalized spacial score (nSPS) is 6.44. The predicted octanol–water partition coefficient (Wildman–Crippen LogP) is -3.25. The van der Waals surface area contributed by atoms with E-state index in [0.29, 0.717) is 0 Å². The Morgan fingerprint density at radius 2 is 0.778 bits per heavy atom. The molecule has 0 amide bonds. The van der Waals surface area contributed by atoms with E-state index in [4.69, 9.17) is 17.5 Å². The van der Waals surface area contributed by atoms with E-state index in [-0.39, 0.29) is 206 Å². The summed E-state index contributed by atoms with van der Waals surface area (Å²) in [6.45, 7) is 0. The quantitative estimate of drug-likeness (QED) is 0.354. The molecule has 0 spiro atoms. The van der Waals surface area contributed by atoms with Gasteiger partial charge in [-0.15, -0.1) is 0 Å². The molecule has 0 fully saturated rings. The van der Waals surface area contributed by atoms with E-state index in [1.807, 2.05) is 0 Å². The monoisotopic (exact) mass is 258 g/mol. The van der Waals surface area contributed by atoms with Gasteiger partial charge in [-0.05, 0) is 0 Å². The minimum atomic E-state index is -4.67. The predicted molar refractivity (Wildman–Crippen MR) is 42.8 cm³/mol. The van der Waals surface area contributed by atoms with Crippen molar-refractivity contribution in [3.05, 3.63) is 0 Å². The summed E-state index contributed by atoms with van der Waals surface area (Å²) in [5.74, 6) is 0. The van der Waals surface area contributed by atoms with Gasteiger partial charge in [0.1, 0.15) is 0 Å². The molecular formula is H6K4O4S. The third-order valence-corrected chi connectivity index (χ3v) is 0. The topological polar surface area (TPSA) is 74.6 Å². The zero-order valence-electron chi connectivity index (χ0n) is 2.12. The Hall–Kier alpha value is 6.42. The molecule has 0 aromatic carbocycles. The fourth-order valence-corrected chi connectivity index (χ4v) is 0. The molecule has 0 radical (unpaired) electrons. The molecule has 0 atom stereocenters. The van der Waals surface area contributed by atoms with Gasteiger partial charge >= 0.3 is 216 Å². The van der Waals surface area contributed by atoms with Crippen molar-refractivity contribution >= 4 is 216 Å². The first-order valence-electron chi connectivity index (χ1n) is 0.698. The molecule has 2 N–H and O–H groups in total. The van der Waals surface area contributed by atoms with Gasteiger partial charge in [0, 0.05) is 0 Å². The van der Waals surface area contributed by atoms with Gasteiger partial charge in [0.05, 0.1) is 0 Å². The molecule has 4 nitrogen and oxygen atoms in total. The summed E-state index contributed by atoms with van der Waals surface area (Å²) < 4.78 is 31.6. The standard InChI is InChI=1S/4K.H2O4S.4H/c;;;;1-5(2,3)4;;;;/h;;;;(H2,1,2,3,4);;;;. The van der Waals surface area contributed by atoms with Crippen molar-refractivity contribution in [2.24, 2.45) is 0 Å². The second-order valence-corrected chi connectivity index (χ2v) is 1.34. The maximum atomic E-state index is 8.74. The summed E-state index contributed by atoms with van der Waals surface area (Å²) in [6, 6.07) is 0. The molecule has 0 heterocycles. The van der Waals surface area contributed by atoms with Crippen LogP contribution in [0.5, 0.6) is 0 Å². The summed E-state index contributed by atoms with van der Waals surface area (Å²) >= 11 is 0. The van der Waals surface area contributed by atoms with E-state index in [2.05, 4.69) is 0 Å². The Labute approximate surface area is 225 Å². The summed E-state index contributed by atoms with van der Waals surface area (Å²) in [5.41, 5.74) is 0. The first kappa shape index (κ1) is 29.5. The van der Waals surface area contributed by atoms with Crippen LogP contribution in [0.1, 0.15) is 0 Å². The Bertz CT molecular complexity index is 95.7. The van der Waals surface area contributed by atoms with Gasteiger partial charge in [0.25, 0.3) is 0 Å². The fraction of sp³-hybridized carbons (Fsp3) is 0. The minimum absolute atomic E-state index is 0. The second-order valence-electron chi connectivity index (χ2n) is 0.448. The van der Waals surface area contributed by atoms with Gasteiger partial charge in [-0.1, -0.05) is 0 Å². The molecule has 0 saturated heterocycles. The summed E-state index contributed by atoms with van der Waals surface area (Å²) in [5, 5.41) is 0. The van der Waals surface area contributed by atoms with Crippen molar-refractivity contribution in [1.82, 2.24) is 0 Å². The number of rotatable bonds is 0. The van der Waals surface area contributed by atoms with E-state index in [1.54, 1.807) is 0 Å². The SMILES string of the molecule is O=S(=O)(O)O.[KH].[KH].[KH].[KH]. The zero-order valence-corrected chi connectivity index (χ0v) is 2.94. The molecule has 0 aliphatic rings. The van der Waals surface area contributed by atoms with Crippen molar-refractivity contribution in [2.45, 2.75) is 0 Å². The van der Waals surface area contributed by atoms with Gasteiger partial charge in [0.2, 0.25) is 0 Å². The first-order chi connectivity index (χ1) is 2.00. The van der Waals surface area contributed by atoms with Crippen molar-refractivity contribution in [1.29, 1.82) is 0 Å². The molecule has 0 rings (SSSR count). The van der Waals surface area contributed by atoms with Crippen LogP contribution in [0, 0.1) is 0 Å². The van der Waals surface area contributed by atoms with Crippen LogP contribution in [0.2, 0.25) is 0 Å². The molecule has 0 aliphatic carbocycles. The van der Waals surface area contributed by atoms with Crippen LogP contribution in [0.15, 0.2) is 0 Å². The molecule has 0 aromatic heterocycles. The van der Waals surface area contributed by atoms with Crippen LogP contribution >= 0.6 is 0 Å². The Morgan fingerprint density at radius 3 is 0.778 bits per heavy atom. The van der Waals surface area contributed by atoms with Crippen molar-refractivity contribution in [3.8, 4) is 0 Å². The third kappa shape index (κ3) is 54.0. The van der Waals surface area contributed by atoms with Gasteiger partial charge in [-0.25, -0.2) is 0 Å². The van der Waals surface area contributed by atoms with E-state index in [9.17, 15) is 0 Å². The summed E-state index contributed by atoms with van der Waals surface area (Å²) in [6.07, 6.45) is 0. The Morgan fingerprint density at radius 1 is 0.778 bits per heavy atom. The van der Waals surface area contributed by atoms with E-state index < -0.39 is 10.4 Å². The molecule has 0 unspecified atom stereocenters. The third-order valence-electron chi connectivity index (χ3n) is 0. The van der Waals surface area contributed by atoms with Crippen molar-refractivity contribution in [2.75, 3.05) is 0 Å². The number of hydrogen-bond acceptors (Lipinski definition) is 2. The fourth-order valence-electron chi connectivity index (χ4n) is 0. The first-order valence-corrected chi connectivity index (χ1v) is 2.10. The molecule has 9 heteroatoms. The van der Waals surface area contributed by atoms with Gasteiger partial charge in [-0.3, -0.25) is 9.11 Å². The molecule has 0 aromatic rings. The zero-order chi connectivity index (χ0) is 4.50. The summed E-state index contributed by atoms with van der Waals surface area (Å²) in [7, 11) is -4.67. The molecule has 0 aliphatic heterocycles. The van der Waals surface area contributed by atoms with Crippen LogP contribution < -0.4 is 0 Å². The molecule has 40 valence electrons.